The van der Waals surface area contributed by atoms with Crippen molar-refractivity contribution in [3.8, 4) is 0 Å². The van der Waals surface area contributed by atoms with Crippen LogP contribution >= 0.6 is 22.9 Å². The van der Waals surface area contributed by atoms with Crippen LogP contribution < -0.4 is 5.32 Å². The van der Waals surface area contributed by atoms with Crippen molar-refractivity contribution in [1.82, 2.24) is 14.8 Å². The Morgan fingerprint density at radius 2 is 1.85 bits per heavy atom. The number of rotatable bonds is 5. The summed E-state index contributed by atoms with van der Waals surface area (Å²) in [4.78, 5) is 29.7. The van der Waals surface area contributed by atoms with Gasteiger partial charge in [-0.25, -0.2) is 0 Å². The van der Waals surface area contributed by atoms with E-state index in [0.29, 0.717) is 36.4 Å². The molecule has 1 aliphatic carbocycles. The molecule has 1 N–H and O–H groups in total. The summed E-state index contributed by atoms with van der Waals surface area (Å²) >= 11 is 7.85. The van der Waals surface area contributed by atoms with E-state index in [-0.39, 0.29) is 17.7 Å². The summed E-state index contributed by atoms with van der Waals surface area (Å²) in [7, 11) is 0. The number of carbonyl (C=O) groups excluding carboxylic acids is 2. The lowest BCUT2D eigenvalue weighted by atomic mass is 9.96. The number of piperidine rings is 1. The van der Waals surface area contributed by atoms with Gasteiger partial charge in [-0.3, -0.25) is 9.59 Å². The van der Waals surface area contributed by atoms with E-state index in [0.717, 1.165) is 41.5 Å². The van der Waals surface area contributed by atoms with Crippen LogP contribution in [0.5, 0.6) is 0 Å². The van der Waals surface area contributed by atoms with Crippen LogP contribution in [-0.2, 0) is 11.3 Å². The Bertz CT molecular complexity index is 1160. The molecule has 0 unspecified atom stereocenters. The number of nitrogens with zero attached hydrogens (tertiary/aromatic N) is 2. The zero-order valence-electron chi connectivity index (χ0n) is 19.5. The number of aromatic nitrogens is 1. The van der Waals surface area contributed by atoms with Gasteiger partial charge in [0.25, 0.3) is 5.91 Å². The molecule has 2 fully saturated rings. The summed E-state index contributed by atoms with van der Waals surface area (Å²) in [6.45, 7) is 1.78. The quantitative estimate of drug-likeness (QED) is 0.433. The van der Waals surface area contributed by atoms with Crippen molar-refractivity contribution < 1.29 is 9.59 Å². The minimum Gasteiger partial charge on any atom is -0.353 e. The Balaban J connectivity index is 1.32. The van der Waals surface area contributed by atoms with Crippen molar-refractivity contribution >= 4 is 45.0 Å². The van der Waals surface area contributed by atoms with Gasteiger partial charge in [-0.2, -0.15) is 0 Å². The molecule has 5 nitrogen and oxygen atoms in total. The van der Waals surface area contributed by atoms with Gasteiger partial charge < -0.3 is 14.8 Å². The zero-order chi connectivity index (χ0) is 23.5. The van der Waals surface area contributed by atoms with E-state index in [2.05, 4.69) is 21.3 Å². The van der Waals surface area contributed by atoms with Crippen LogP contribution in [0.4, 0.5) is 0 Å². The van der Waals surface area contributed by atoms with Crippen LogP contribution in [-0.4, -0.2) is 40.4 Å². The molecular formula is C27H32ClN3O2S. The molecule has 2 aromatic heterocycles. The van der Waals surface area contributed by atoms with E-state index in [1.54, 1.807) is 11.3 Å². The fraction of sp³-hybridized carbons (Fsp3) is 0.481. The van der Waals surface area contributed by atoms with Crippen molar-refractivity contribution in [1.29, 1.82) is 0 Å². The molecule has 2 amide bonds. The number of hydrogen-bond acceptors (Lipinski definition) is 3. The summed E-state index contributed by atoms with van der Waals surface area (Å²) in [6, 6.07) is 12.1. The van der Waals surface area contributed by atoms with Crippen LogP contribution in [0.25, 0.3) is 10.2 Å². The topological polar surface area (TPSA) is 54.3 Å². The molecule has 2 aliphatic rings. The lowest BCUT2D eigenvalue weighted by Crippen LogP contribution is -2.47. The minimum atomic E-state index is -0.126. The zero-order valence-corrected chi connectivity index (χ0v) is 21.0. The molecule has 34 heavy (non-hydrogen) atoms. The second-order valence-electron chi connectivity index (χ2n) is 9.71. The van der Waals surface area contributed by atoms with Crippen LogP contribution in [0, 0.1) is 5.92 Å². The predicted molar refractivity (Wildman–Crippen MR) is 139 cm³/mol. The second-order valence-corrected chi connectivity index (χ2v) is 11.0. The van der Waals surface area contributed by atoms with Crippen molar-refractivity contribution in [2.24, 2.45) is 5.92 Å². The molecule has 5 rings (SSSR count). The van der Waals surface area contributed by atoms with Gasteiger partial charge in [0, 0.05) is 36.1 Å². The fourth-order valence-electron chi connectivity index (χ4n) is 5.41. The highest BCUT2D eigenvalue weighted by Crippen LogP contribution is 2.29. The average molecular weight is 498 g/mol. The molecule has 0 radical (unpaired) electrons. The first-order valence-electron chi connectivity index (χ1n) is 12.5. The molecule has 1 aromatic carbocycles. The predicted octanol–water partition coefficient (Wildman–Crippen LogP) is 6.10. The fourth-order valence-corrected chi connectivity index (χ4v) is 6.52. The molecule has 180 valence electrons. The van der Waals surface area contributed by atoms with E-state index in [9.17, 15) is 9.59 Å². The van der Waals surface area contributed by atoms with Crippen molar-refractivity contribution in [3.05, 3.63) is 58.1 Å². The van der Waals surface area contributed by atoms with Crippen LogP contribution in [0.1, 0.15) is 67.4 Å². The first kappa shape index (κ1) is 23.4. The third kappa shape index (κ3) is 5.18. The second kappa shape index (κ2) is 10.5. The van der Waals surface area contributed by atoms with Gasteiger partial charge in [-0.05, 0) is 60.9 Å². The van der Waals surface area contributed by atoms with E-state index >= 15 is 0 Å². The molecule has 7 heteroatoms. The van der Waals surface area contributed by atoms with Crippen molar-refractivity contribution in [2.45, 2.75) is 64.0 Å². The van der Waals surface area contributed by atoms with Gasteiger partial charge in [-0.1, -0.05) is 49.4 Å². The van der Waals surface area contributed by atoms with Gasteiger partial charge in [-0.15, -0.1) is 11.3 Å². The first-order chi connectivity index (χ1) is 16.6. The smallest absolute Gasteiger partial charge is 0.270 e. The van der Waals surface area contributed by atoms with E-state index in [1.807, 2.05) is 35.2 Å². The maximum atomic E-state index is 13.7. The average Bonchev–Trinajstić information content (AvgIpc) is 3.33. The van der Waals surface area contributed by atoms with Crippen LogP contribution in [0.2, 0.25) is 5.02 Å². The third-order valence-electron chi connectivity index (χ3n) is 7.23. The highest BCUT2D eigenvalue weighted by molar-refractivity contribution is 7.16. The number of hydrogen-bond donors (Lipinski definition) is 1. The molecule has 1 aliphatic heterocycles. The van der Waals surface area contributed by atoms with Gasteiger partial charge in [0.15, 0.2) is 0 Å². The van der Waals surface area contributed by atoms with Gasteiger partial charge in [0.05, 0.1) is 5.92 Å². The lowest BCUT2D eigenvalue weighted by Gasteiger charge is -2.33. The first-order valence-corrected chi connectivity index (χ1v) is 13.7. The highest BCUT2D eigenvalue weighted by atomic mass is 35.5. The molecule has 3 aromatic rings. The maximum Gasteiger partial charge on any atom is 0.270 e. The van der Waals surface area contributed by atoms with Gasteiger partial charge in [0.1, 0.15) is 10.5 Å². The Labute approximate surface area is 210 Å². The molecule has 1 atom stereocenters. The molecular weight excluding hydrogens is 466 g/mol. The standard InChI is InChI=1S/C27H32ClN3O2S/c28-22-9-5-7-19(15-22)17-31-24(16-20-12-14-34-27(20)31)26(33)30-13-6-8-21(18-30)25(32)29-23-10-3-1-2-4-11-23/h5,7,9,12,14-16,21,23H,1-4,6,8,10-11,13,17-18H2,(H,29,32)/t21-/m0/s1. The Kier molecular flexibility index (Phi) is 7.26. The number of likely N-dealkylation sites (tertiary alicyclic amines) is 1. The summed E-state index contributed by atoms with van der Waals surface area (Å²) in [5, 5.41) is 7.13. The number of nitrogens with one attached hydrogen (secondary N) is 1. The van der Waals surface area contributed by atoms with E-state index in [4.69, 9.17) is 11.6 Å². The molecule has 3 heterocycles. The number of fused-ring (bicyclic) bond motifs is 1. The summed E-state index contributed by atoms with van der Waals surface area (Å²) in [5.41, 5.74) is 1.75. The Morgan fingerprint density at radius 3 is 2.65 bits per heavy atom. The molecule has 0 spiro atoms. The van der Waals surface area contributed by atoms with Gasteiger partial charge in [0.2, 0.25) is 5.91 Å². The Morgan fingerprint density at radius 1 is 1.03 bits per heavy atom. The van der Waals surface area contributed by atoms with E-state index in [1.165, 1.54) is 25.7 Å². The summed E-state index contributed by atoms with van der Waals surface area (Å²) < 4.78 is 2.10. The van der Waals surface area contributed by atoms with Gasteiger partial charge >= 0.3 is 0 Å². The lowest BCUT2D eigenvalue weighted by molar-refractivity contribution is -0.127. The summed E-state index contributed by atoms with van der Waals surface area (Å²) in [6.07, 6.45) is 8.79. The number of amides is 2. The number of carbonyl (C=O) groups is 2. The molecule has 0 bridgehead atoms. The SMILES string of the molecule is O=C(NC1CCCCCC1)[C@H]1CCCN(C(=O)c2cc3ccsc3n2Cc2cccc(Cl)c2)C1. The monoisotopic (exact) mass is 497 g/mol. The van der Waals surface area contributed by atoms with Crippen molar-refractivity contribution in [2.75, 3.05) is 13.1 Å². The van der Waals surface area contributed by atoms with Crippen LogP contribution in [0.3, 0.4) is 0 Å². The largest absolute Gasteiger partial charge is 0.353 e. The Hall–Kier alpha value is -2.31. The molecule has 1 saturated carbocycles. The number of benzene rings is 1. The highest BCUT2D eigenvalue weighted by Gasteiger charge is 2.31. The number of halogens is 1. The third-order valence-corrected chi connectivity index (χ3v) is 8.42. The number of thiophene rings is 1. The maximum absolute atomic E-state index is 13.7. The van der Waals surface area contributed by atoms with Crippen molar-refractivity contribution in [3.63, 3.8) is 0 Å². The minimum absolute atomic E-state index is 0.0115. The summed E-state index contributed by atoms with van der Waals surface area (Å²) in [5.74, 6) is 0.00972. The van der Waals surface area contributed by atoms with Crippen LogP contribution in [0.15, 0.2) is 41.8 Å². The van der Waals surface area contributed by atoms with E-state index < -0.39 is 0 Å². The normalized spacial score (nSPS) is 19.8. The molecule has 1 saturated heterocycles.